The maximum Gasteiger partial charge on any atom is 0.0666 e. The third-order valence-electron chi connectivity index (χ3n) is 7.02. The van der Waals surface area contributed by atoms with E-state index in [0.717, 1.165) is 41.0 Å². The van der Waals surface area contributed by atoms with Crippen LogP contribution in [0.3, 0.4) is 0 Å². The van der Waals surface area contributed by atoms with Gasteiger partial charge in [0, 0.05) is 35.5 Å². The van der Waals surface area contributed by atoms with Crippen molar-refractivity contribution >= 4 is 17.1 Å². The fraction of sp³-hybridized carbons (Fsp3) is 0.0625. The zero-order valence-electron chi connectivity index (χ0n) is 20.3. The lowest BCUT2D eigenvalue weighted by atomic mass is 10.0. The predicted octanol–water partition coefficient (Wildman–Crippen LogP) is 7.29. The molecule has 1 aliphatic rings. The predicted molar refractivity (Wildman–Crippen MR) is 148 cm³/mol. The summed E-state index contributed by atoms with van der Waals surface area (Å²) in [6.07, 6.45) is 9.80. The number of nitrogens with zero attached hydrogens (tertiary/aromatic N) is 5. The Kier molecular flexibility index (Phi) is 5.18. The number of hydrogen-bond donors (Lipinski definition) is 0. The van der Waals surface area contributed by atoms with Crippen LogP contribution < -0.4 is 4.90 Å². The van der Waals surface area contributed by atoms with E-state index in [1.807, 2.05) is 40.1 Å². The van der Waals surface area contributed by atoms with Crippen molar-refractivity contribution in [3.8, 4) is 22.5 Å². The molecule has 7 rings (SSSR count). The quantitative estimate of drug-likeness (QED) is 0.266. The van der Waals surface area contributed by atoms with Crippen LogP contribution >= 0.6 is 0 Å². The van der Waals surface area contributed by atoms with Gasteiger partial charge >= 0.3 is 0 Å². The molecule has 0 spiro atoms. The molecule has 5 heteroatoms. The van der Waals surface area contributed by atoms with Crippen LogP contribution in [0.15, 0.2) is 128 Å². The monoisotopic (exact) mass is 479 g/mol. The van der Waals surface area contributed by atoms with Crippen LogP contribution in [0.25, 0.3) is 22.5 Å². The molecule has 0 saturated carbocycles. The molecule has 5 nitrogen and oxygen atoms in total. The summed E-state index contributed by atoms with van der Waals surface area (Å²) in [5.74, 6) is 0. The largest absolute Gasteiger partial charge is 0.310 e. The van der Waals surface area contributed by atoms with E-state index in [1.165, 1.54) is 22.5 Å². The van der Waals surface area contributed by atoms with Crippen LogP contribution in [-0.4, -0.2) is 19.6 Å². The maximum atomic E-state index is 4.71. The molecular weight excluding hydrogens is 454 g/mol. The lowest BCUT2D eigenvalue weighted by molar-refractivity contribution is 0.877. The second-order valence-corrected chi connectivity index (χ2v) is 9.29. The number of aryl methyl sites for hydroxylation is 2. The molecule has 0 atom stereocenters. The van der Waals surface area contributed by atoms with Crippen LogP contribution in [0.2, 0.25) is 0 Å². The van der Waals surface area contributed by atoms with Crippen molar-refractivity contribution in [3.05, 3.63) is 139 Å². The molecular formula is C32H25N5. The van der Waals surface area contributed by atoms with Gasteiger partial charge < -0.3 is 4.90 Å². The number of aromatic nitrogens is 4. The van der Waals surface area contributed by atoms with Gasteiger partial charge in [-0.05, 0) is 72.0 Å². The van der Waals surface area contributed by atoms with Crippen molar-refractivity contribution in [2.24, 2.45) is 0 Å². The minimum atomic E-state index is 0.982. The summed E-state index contributed by atoms with van der Waals surface area (Å²) in [5, 5.41) is 9.16. The number of para-hydroxylation sites is 1. The highest BCUT2D eigenvalue weighted by Gasteiger charge is 2.23. The minimum Gasteiger partial charge on any atom is -0.310 e. The molecule has 0 N–H and O–H groups in total. The molecule has 0 unspecified atom stereocenters. The number of anilines is 3. The van der Waals surface area contributed by atoms with Gasteiger partial charge in [-0.3, -0.25) is 0 Å². The second-order valence-electron chi connectivity index (χ2n) is 9.29. The van der Waals surface area contributed by atoms with E-state index in [0.29, 0.717) is 0 Å². The molecule has 1 aliphatic heterocycles. The van der Waals surface area contributed by atoms with Crippen LogP contribution in [-0.2, 0) is 12.8 Å². The Morgan fingerprint density at radius 1 is 0.541 bits per heavy atom. The van der Waals surface area contributed by atoms with Crippen molar-refractivity contribution < 1.29 is 0 Å². The Bertz CT molecular complexity index is 1680. The Balaban J connectivity index is 1.37. The molecule has 0 fully saturated rings. The third-order valence-corrected chi connectivity index (χ3v) is 7.02. The highest BCUT2D eigenvalue weighted by atomic mass is 15.3. The number of benzene rings is 4. The van der Waals surface area contributed by atoms with Gasteiger partial charge in [-0.15, -0.1) is 0 Å². The molecule has 4 aromatic carbocycles. The third kappa shape index (κ3) is 3.91. The van der Waals surface area contributed by atoms with E-state index in [1.54, 1.807) is 0 Å². The number of hydrogen-bond acceptors (Lipinski definition) is 3. The SMILES string of the molecule is c1ccc(-c2cnn(-c3ccc4c(c3)N(c3cccc(-n5cccn5)c3)c3ccccc3CC4)c2)cc1. The second kappa shape index (κ2) is 8.95. The fourth-order valence-electron chi connectivity index (χ4n) is 5.17. The average Bonchev–Trinajstić information content (AvgIpc) is 3.65. The van der Waals surface area contributed by atoms with Gasteiger partial charge in [0.2, 0.25) is 0 Å². The van der Waals surface area contributed by atoms with Gasteiger partial charge in [0.05, 0.1) is 23.3 Å². The van der Waals surface area contributed by atoms with E-state index < -0.39 is 0 Å². The summed E-state index contributed by atoms with van der Waals surface area (Å²) in [7, 11) is 0. The first kappa shape index (κ1) is 21.4. The maximum absolute atomic E-state index is 4.71. The summed E-state index contributed by atoms with van der Waals surface area (Å²) in [4.78, 5) is 2.38. The van der Waals surface area contributed by atoms with Crippen LogP contribution in [0.1, 0.15) is 11.1 Å². The van der Waals surface area contributed by atoms with E-state index >= 15 is 0 Å². The summed E-state index contributed by atoms with van der Waals surface area (Å²) in [5.41, 5.74) is 10.5. The van der Waals surface area contributed by atoms with E-state index in [-0.39, 0.29) is 0 Å². The van der Waals surface area contributed by atoms with Crippen molar-refractivity contribution in [1.82, 2.24) is 19.6 Å². The van der Waals surface area contributed by atoms with Crippen molar-refractivity contribution in [3.63, 3.8) is 0 Å². The Hall–Kier alpha value is -4.90. The first-order chi connectivity index (χ1) is 18.3. The topological polar surface area (TPSA) is 38.9 Å². The molecule has 6 aromatic rings. The normalized spacial score (nSPS) is 12.6. The zero-order valence-corrected chi connectivity index (χ0v) is 20.3. The molecule has 0 saturated heterocycles. The molecule has 3 heterocycles. The standard InChI is InChI=1S/C32H25N5/c1-2-8-24(9-3-1)27-22-34-36(23-27)29-17-16-26-15-14-25-10-4-5-13-31(25)37(32(26)21-29)30-12-6-11-28(20-30)35-19-7-18-33-35/h1-13,16-23H,14-15H2. The summed E-state index contributed by atoms with van der Waals surface area (Å²) >= 11 is 0. The van der Waals surface area contributed by atoms with Crippen molar-refractivity contribution in [2.75, 3.05) is 4.90 Å². The van der Waals surface area contributed by atoms with Crippen LogP contribution in [0.5, 0.6) is 0 Å². The summed E-state index contributed by atoms with van der Waals surface area (Å²) in [6.45, 7) is 0. The van der Waals surface area contributed by atoms with E-state index in [2.05, 4.69) is 107 Å². The van der Waals surface area contributed by atoms with Gasteiger partial charge in [-0.25, -0.2) is 9.36 Å². The lowest BCUT2D eigenvalue weighted by Crippen LogP contribution is -2.13. The van der Waals surface area contributed by atoms with Gasteiger partial charge in [-0.2, -0.15) is 10.2 Å². The highest BCUT2D eigenvalue weighted by molar-refractivity contribution is 5.83. The van der Waals surface area contributed by atoms with E-state index in [4.69, 9.17) is 5.10 Å². The molecule has 0 aliphatic carbocycles. The van der Waals surface area contributed by atoms with Gasteiger partial charge in [0.25, 0.3) is 0 Å². The Labute approximate surface area is 215 Å². The molecule has 178 valence electrons. The molecule has 0 radical (unpaired) electrons. The molecule has 0 bridgehead atoms. The lowest BCUT2D eigenvalue weighted by Gasteiger charge is -2.28. The first-order valence-electron chi connectivity index (χ1n) is 12.5. The Morgan fingerprint density at radius 2 is 1.32 bits per heavy atom. The number of fused-ring (bicyclic) bond motifs is 2. The van der Waals surface area contributed by atoms with Crippen LogP contribution in [0, 0.1) is 0 Å². The van der Waals surface area contributed by atoms with Crippen LogP contribution in [0.4, 0.5) is 17.1 Å². The van der Waals surface area contributed by atoms with Gasteiger partial charge in [-0.1, -0.05) is 60.7 Å². The molecule has 0 amide bonds. The van der Waals surface area contributed by atoms with Crippen molar-refractivity contribution in [1.29, 1.82) is 0 Å². The summed E-state index contributed by atoms with van der Waals surface area (Å²) in [6, 6.07) is 36.3. The van der Waals surface area contributed by atoms with Crippen molar-refractivity contribution in [2.45, 2.75) is 12.8 Å². The average molecular weight is 480 g/mol. The Morgan fingerprint density at radius 3 is 2.19 bits per heavy atom. The highest BCUT2D eigenvalue weighted by Crippen LogP contribution is 2.42. The van der Waals surface area contributed by atoms with Gasteiger partial charge in [0.1, 0.15) is 0 Å². The molecule has 37 heavy (non-hydrogen) atoms. The smallest absolute Gasteiger partial charge is 0.0666 e. The fourth-order valence-corrected chi connectivity index (χ4v) is 5.17. The summed E-state index contributed by atoms with van der Waals surface area (Å²) < 4.78 is 3.87. The minimum absolute atomic E-state index is 0.982. The van der Waals surface area contributed by atoms with E-state index in [9.17, 15) is 0 Å². The van der Waals surface area contributed by atoms with Gasteiger partial charge in [0.15, 0.2) is 0 Å². The molecule has 2 aromatic heterocycles. The number of rotatable bonds is 4. The zero-order chi connectivity index (χ0) is 24.6. The first-order valence-corrected chi connectivity index (χ1v) is 12.5.